The van der Waals surface area contributed by atoms with Gasteiger partial charge in [0.1, 0.15) is 5.82 Å². The Hall–Kier alpha value is -1.89. The van der Waals surface area contributed by atoms with Crippen molar-refractivity contribution in [1.82, 2.24) is 20.2 Å². The fourth-order valence-corrected chi connectivity index (χ4v) is 2.62. The number of hydrogen-bond acceptors (Lipinski definition) is 6. The summed E-state index contributed by atoms with van der Waals surface area (Å²) < 4.78 is 0. The first-order chi connectivity index (χ1) is 9.69. The van der Waals surface area contributed by atoms with Gasteiger partial charge in [0, 0.05) is 19.6 Å². The standard InChI is InChI=1S/C13H20N6O/c1-3-14-13-16-11-9(6-15-18-11)12(17-13)19-5-4-10(20)8(2)7-19/h6,8,10,20H,3-5,7H2,1-2H3,(H2,14,15,16,17,18). The smallest absolute Gasteiger partial charge is 0.226 e. The molecule has 2 atom stereocenters. The van der Waals surface area contributed by atoms with Crippen molar-refractivity contribution < 1.29 is 5.11 Å². The number of nitrogens with zero attached hydrogens (tertiary/aromatic N) is 4. The zero-order valence-corrected chi connectivity index (χ0v) is 11.8. The molecule has 1 aliphatic heterocycles. The summed E-state index contributed by atoms with van der Waals surface area (Å²) in [6, 6.07) is 0. The third-order valence-corrected chi connectivity index (χ3v) is 3.78. The molecule has 0 radical (unpaired) electrons. The molecular formula is C13H20N6O. The highest BCUT2D eigenvalue weighted by molar-refractivity contribution is 5.87. The Morgan fingerprint density at radius 3 is 3.10 bits per heavy atom. The number of aromatic amines is 1. The Morgan fingerprint density at radius 2 is 2.35 bits per heavy atom. The largest absolute Gasteiger partial charge is 0.393 e. The number of fused-ring (bicyclic) bond motifs is 1. The van der Waals surface area contributed by atoms with Crippen LogP contribution in [0.25, 0.3) is 11.0 Å². The van der Waals surface area contributed by atoms with E-state index < -0.39 is 0 Å². The SMILES string of the molecule is CCNc1nc(N2CCC(O)C(C)C2)c2cn[nH]c2n1. The Balaban J connectivity index is 1.98. The fraction of sp³-hybridized carbons (Fsp3) is 0.615. The predicted molar refractivity (Wildman–Crippen MR) is 77.8 cm³/mol. The Morgan fingerprint density at radius 1 is 1.50 bits per heavy atom. The molecule has 2 unspecified atom stereocenters. The molecule has 108 valence electrons. The highest BCUT2D eigenvalue weighted by atomic mass is 16.3. The van der Waals surface area contributed by atoms with Gasteiger partial charge < -0.3 is 15.3 Å². The molecule has 0 bridgehead atoms. The molecule has 3 heterocycles. The van der Waals surface area contributed by atoms with Gasteiger partial charge in [-0.05, 0) is 19.3 Å². The quantitative estimate of drug-likeness (QED) is 0.774. The Labute approximate surface area is 117 Å². The number of anilines is 2. The van der Waals surface area contributed by atoms with Gasteiger partial charge in [-0.1, -0.05) is 6.92 Å². The second kappa shape index (κ2) is 5.24. The highest BCUT2D eigenvalue weighted by Crippen LogP contribution is 2.28. The average molecular weight is 276 g/mol. The third-order valence-electron chi connectivity index (χ3n) is 3.78. The first-order valence-corrected chi connectivity index (χ1v) is 7.07. The number of nitrogens with one attached hydrogen (secondary N) is 2. The number of aliphatic hydroxyl groups is 1. The number of aromatic nitrogens is 4. The van der Waals surface area contributed by atoms with Gasteiger partial charge in [0.05, 0.1) is 17.7 Å². The molecule has 1 fully saturated rings. The first kappa shape index (κ1) is 13.1. The van der Waals surface area contributed by atoms with Gasteiger partial charge in [-0.25, -0.2) is 0 Å². The van der Waals surface area contributed by atoms with E-state index in [1.807, 2.05) is 6.92 Å². The van der Waals surface area contributed by atoms with Crippen LogP contribution in [0.4, 0.5) is 11.8 Å². The van der Waals surface area contributed by atoms with Crippen LogP contribution in [0.1, 0.15) is 20.3 Å². The lowest BCUT2D eigenvalue weighted by Gasteiger charge is -2.35. The molecule has 0 amide bonds. The van der Waals surface area contributed by atoms with E-state index in [0.717, 1.165) is 42.9 Å². The average Bonchev–Trinajstić information content (AvgIpc) is 2.89. The van der Waals surface area contributed by atoms with E-state index in [-0.39, 0.29) is 12.0 Å². The van der Waals surface area contributed by atoms with Crippen molar-refractivity contribution >= 4 is 22.8 Å². The maximum absolute atomic E-state index is 9.86. The van der Waals surface area contributed by atoms with Crippen LogP contribution in [-0.4, -0.2) is 51.0 Å². The van der Waals surface area contributed by atoms with Crippen LogP contribution in [0.5, 0.6) is 0 Å². The normalized spacial score (nSPS) is 23.2. The molecule has 0 saturated carbocycles. The number of piperidine rings is 1. The van der Waals surface area contributed by atoms with Crippen molar-refractivity contribution in [3.8, 4) is 0 Å². The number of hydrogen-bond donors (Lipinski definition) is 3. The van der Waals surface area contributed by atoms with Crippen molar-refractivity contribution in [1.29, 1.82) is 0 Å². The van der Waals surface area contributed by atoms with Crippen LogP contribution in [-0.2, 0) is 0 Å². The molecular weight excluding hydrogens is 256 g/mol. The van der Waals surface area contributed by atoms with E-state index in [2.05, 4.69) is 37.3 Å². The van der Waals surface area contributed by atoms with Crippen LogP contribution in [0.15, 0.2) is 6.20 Å². The zero-order chi connectivity index (χ0) is 14.1. The zero-order valence-electron chi connectivity index (χ0n) is 11.8. The Bertz CT molecular complexity index is 598. The minimum atomic E-state index is -0.221. The number of aliphatic hydroxyl groups excluding tert-OH is 1. The molecule has 2 aromatic heterocycles. The van der Waals surface area contributed by atoms with Crippen LogP contribution in [0.2, 0.25) is 0 Å². The molecule has 3 rings (SSSR count). The maximum atomic E-state index is 9.86. The van der Waals surface area contributed by atoms with Gasteiger partial charge >= 0.3 is 0 Å². The summed E-state index contributed by atoms with van der Waals surface area (Å²) in [6.07, 6.45) is 2.30. The molecule has 7 nitrogen and oxygen atoms in total. The van der Waals surface area contributed by atoms with E-state index in [4.69, 9.17) is 0 Å². The molecule has 0 aromatic carbocycles. The molecule has 20 heavy (non-hydrogen) atoms. The molecule has 1 aliphatic rings. The minimum absolute atomic E-state index is 0.221. The van der Waals surface area contributed by atoms with Crippen molar-refractivity contribution in [2.24, 2.45) is 5.92 Å². The third kappa shape index (κ3) is 2.29. The predicted octanol–water partition coefficient (Wildman–Crippen LogP) is 0.992. The maximum Gasteiger partial charge on any atom is 0.226 e. The van der Waals surface area contributed by atoms with Crippen molar-refractivity contribution in [3.05, 3.63) is 6.20 Å². The van der Waals surface area contributed by atoms with Gasteiger partial charge in [0.15, 0.2) is 5.65 Å². The van der Waals surface area contributed by atoms with Gasteiger partial charge in [-0.2, -0.15) is 15.1 Å². The summed E-state index contributed by atoms with van der Waals surface area (Å²) in [5.41, 5.74) is 0.740. The summed E-state index contributed by atoms with van der Waals surface area (Å²) in [5.74, 6) is 1.74. The van der Waals surface area contributed by atoms with E-state index in [1.54, 1.807) is 6.20 Å². The summed E-state index contributed by atoms with van der Waals surface area (Å²) in [6.45, 7) is 6.45. The summed E-state index contributed by atoms with van der Waals surface area (Å²) >= 11 is 0. The van der Waals surface area contributed by atoms with Crippen LogP contribution in [0.3, 0.4) is 0 Å². The van der Waals surface area contributed by atoms with Crippen LogP contribution >= 0.6 is 0 Å². The van der Waals surface area contributed by atoms with Gasteiger partial charge in [0.25, 0.3) is 0 Å². The molecule has 0 aliphatic carbocycles. The van der Waals surface area contributed by atoms with Crippen LogP contribution < -0.4 is 10.2 Å². The molecule has 2 aromatic rings. The second-order valence-electron chi connectivity index (χ2n) is 5.31. The summed E-state index contributed by atoms with van der Waals surface area (Å²) in [4.78, 5) is 11.2. The van der Waals surface area contributed by atoms with Crippen LogP contribution in [0, 0.1) is 5.92 Å². The molecule has 0 spiro atoms. The lowest BCUT2D eigenvalue weighted by Crippen LogP contribution is -2.42. The Kier molecular flexibility index (Phi) is 3.43. The van der Waals surface area contributed by atoms with Crippen molar-refractivity contribution in [2.75, 3.05) is 29.9 Å². The highest BCUT2D eigenvalue weighted by Gasteiger charge is 2.26. The van der Waals surface area contributed by atoms with Gasteiger partial charge in [0.2, 0.25) is 5.95 Å². The lowest BCUT2D eigenvalue weighted by atomic mass is 9.97. The second-order valence-corrected chi connectivity index (χ2v) is 5.31. The van der Waals surface area contributed by atoms with Gasteiger partial charge in [-0.15, -0.1) is 0 Å². The van der Waals surface area contributed by atoms with E-state index in [0.29, 0.717) is 5.95 Å². The summed E-state index contributed by atoms with van der Waals surface area (Å²) in [5, 5.41) is 20.9. The van der Waals surface area contributed by atoms with E-state index >= 15 is 0 Å². The van der Waals surface area contributed by atoms with Crippen molar-refractivity contribution in [3.63, 3.8) is 0 Å². The van der Waals surface area contributed by atoms with E-state index in [1.165, 1.54) is 0 Å². The fourth-order valence-electron chi connectivity index (χ4n) is 2.62. The van der Waals surface area contributed by atoms with Crippen molar-refractivity contribution in [2.45, 2.75) is 26.4 Å². The monoisotopic (exact) mass is 276 g/mol. The number of H-pyrrole nitrogens is 1. The molecule has 3 N–H and O–H groups in total. The molecule has 7 heteroatoms. The summed E-state index contributed by atoms with van der Waals surface area (Å²) in [7, 11) is 0. The van der Waals surface area contributed by atoms with E-state index in [9.17, 15) is 5.11 Å². The number of rotatable bonds is 3. The topological polar surface area (TPSA) is 90.0 Å². The molecule has 1 saturated heterocycles. The minimum Gasteiger partial charge on any atom is -0.393 e. The first-order valence-electron chi connectivity index (χ1n) is 7.07. The lowest BCUT2D eigenvalue weighted by molar-refractivity contribution is 0.0970. The van der Waals surface area contributed by atoms with Gasteiger partial charge in [-0.3, -0.25) is 5.10 Å².